The van der Waals surface area contributed by atoms with Gasteiger partial charge in [-0.3, -0.25) is 0 Å². The first-order valence-corrected chi connectivity index (χ1v) is 7.41. The van der Waals surface area contributed by atoms with Crippen LogP contribution in [0.25, 0.3) is 0 Å². The molecule has 5 heteroatoms. The van der Waals surface area contributed by atoms with E-state index in [9.17, 15) is 8.78 Å². The molecule has 1 fully saturated rings. The first-order chi connectivity index (χ1) is 10.1. The Morgan fingerprint density at radius 2 is 2.10 bits per heavy atom. The van der Waals surface area contributed by atoms with Crippen molar-refractivity contribution in [1.82, 2.24) is 5.32 Å². The summed E-state index contributed by atoms with van der Waals surface area (Å²) in [5.41, 5.74) is 1.12. The number of para-hydroxylation sites is 1. The van der Waals surface area contributed by atoms with Gasteiger partial charge in [0.15, 0.2) is 11.5 Å². The minimum Gasteiger partial charge on any atom is -0.493 e. The van der Waals surface area contributed by atoms with E-state index in [-0.39, 0.29) is 5.75 Å². The molecule has 0 saturated heterocycles. The normalized spacial score (nSPS) is 16.0. The molecule has 0 heterocycles. The third-order valence-corrected chi connectivity index (χ3v) is 4.04. The average Bonchev–Trinajstić information content (AvgIpc) is 3.20. The van der Waals surface area contributed by atoms with Crippen LogP contribution in [0.5, 0.6) is 11.5 Å². The van der Waals surface area contributed by atoms with E-state index < -0.39 is 6.61 Å². The molecular formula is C16H23F2NO2. The summed E-state index contributed by atoms with van der Waals surface area (Å²) < 4.78 is 34.8. The number of hydrogen-bond acceptors (Lipinski definition) is 3. The van der Waals surface area contributed by atoms with Crippen LogP contribution in [-0.2, 0) is 6.54 Å². The molecule has 118 valence electrons. The lowest BCUT2D eigenvalue weighted by molar-refractivity contribution is -0.0518. The zero-order valence-corrected chi connectivity index (χ0v) is 12.6. The number of ether oxygens (including phenoxy) is 2. The molecule has 0 radical (unpaired) electrons. The third-order valence-electron chi connectivity index (χ3n) is 4.04. The highest BCUT2D eigenvalue weighted by Crippen LogP contribution is 2.49. The molecule has 1 aromatic rings. The second-order valence-electron chi connectivity index (χ2n) is 5.68. The van der Waals surface area contributed by atoms with Crippen LogP contribution in [0.15, 0.2) is 18.2 Å². The van der Waals surface area contributed by atoms with Crippen molar-refractivity contribution in [3.8, 4) is 11.5 Å². The van der Waals surface area contributed by atoms with E-state index in [1.165, 1.54) is 32.8 Å². The summed E-state index contributed by atoms with van der Waals surface area (Å²) in [7, 11) is 1.45. The van der Waals surface area contributed by atoms with Gasteiger partial charge in [-0.05, 0) is 30.7 Å². The standard InChI is InChI=1S/C16H23F2NO2/c1-3-7-16(8-9-16)11-19-10-12-5-4-6-13(20-2)14(12)21-15(17)18/h4-6,15,19H,3,7-11H2,1-2H3. The molecule has 2 rings (SSSR count). The largest absolute Gasteiger partial charge is 0.493 e. The summed E-state index contributed by atoms with van der Waals surface area (Å²) in [5.74, 6) is 0.465. The van der Waals surface area contributed by atoms with Crippen molar-refractivity contribution >= 4 is 0 Å². The Labute approximate surface area is 124 Å². The van der Waals surface area contributed by atoms with Gasteiger partial charge in [0.05, 0.1) is 7.11 Å². The van der Waals surface area contributed by atoms with Gasteiger partial charge in [0.25, 0.3) is 0 Å². The van der Waals surface area contributed by atoms with Gasteiger partial charge in [-0.2, -0.15) is 8.78 Å². The van der Waals surface area contributed by atoms with E-state index in [4.69, 9.17) is 4.74 Å². The molecular weight excluding hydrogens is 276 g/mol. The van der Waals surface area contributed by atoms with E-state index in [1.54, 1.807) is 18.2 Å². The Bertz CT molecular complexity index is 462. The van der Waals surface area contributed by atoms with Crippen LogP contribution in [0.3, 0.4) is 0 Å². The van der Waals surface area contributed by atoms with Crippen molar-refractivity contribution < 1.29 is 18.3 Å². The number of alkyl halides is 2. The van der Waals surface area contributed by atoms with Crippen molar-refractivity contribution in [3.63, 3.8) is 0 Å². The summed E-state index contributed by atoms with van der Waals surface area (Å²) in [4.78, 5) is 0. The van der Waals surface area contributed by atoms with E-state index >= 15 is 0 Å². The Morgan fingerprint density at radius 1 is 1.33 bits per heavy atom. The lowest BCUT2D eigenvalue weighted by Crippen LogP contribution is -2.24. The number of methoxy groups -OCH3 is 1. The predicted octanol–water partition coefficient (Wildman–Crippen LogP) is 3.97. The third kappa shape index (κ3) is 4.30. The van der Waals surface area contributed by atoms with Crippen LogP contribution < -0.4 is 14.8 Å². The highest BCUT2D eigenvalue weighted by Gasteiger charge is 2.40. The average molecular weight is 299 g/mol. The second-order valence-corrected chi connectivity index (χ2v) is 5.68. The lowest BCUT2D eigenvalue weighted by Gasteiger charge is -2.17. The quantitative estimate of drug-likeness (QED) is 0.748. The molecule has 1 N–H and O–H groups in total. The molecule has 0 aliphatic heterocycles. The van der Waals surface area contributed by atoms with Crippen LogP contribution in [-0.4, -0.2) is 20.3 Å². The second kappa shape index (κ2) is 7.07. The molecule has 0 atom stereocenters. The maximum absolute atomic E-state index is 12.5. The topological polar surface area (TPSA) is 30.5 Å². The number of nitrogens with one attached hydrogen (secondary N) is 1. The Kier molecular flexibility index (Phi) is 5.39. The van der Waals surface area contributed by atoms with Gasteiger partial charge < -0.3 is 14.8 Å². The van der Waals surface area contributed by atoms with Crippen LogP contribution in [0, 0.1) is 5.41 Å². The lowest BCUT2D eigenvalue weighted by atomic mass is 10.0. The summed E-state index contributed by atoms with van der Waals surface area (Å²) in [5, 5.41) is 3.37. The van der Waals surface area contributed by atoms with Crippen LogP contribution in [0.4, 0.5) is 8.78 Å². The zero-order chi connectivity index (χ0) is 15.3. The van der Waals surface area contributed by atoms with E-state index in [0.29, 0.717) is 23.3 Å². The number of rotatable bonds is 9. The van der Waals surface area contributed by atoms with Crippen molar-refractivity contribution in [3.05, 3.63) is 23.8 Å². The number of benzene rings is 1. The van der Waals surface area contributed by atoms with Crippen molar-refractivity contribution in [2.45, 2.75) is 45.8 Å². The predicted molar refractivity (Wildman–Crippen MR) is 77.9 cm³/mol. The first-order valence-electron chi connectivity index (χ1n) is 7.41. The molecule has 1 aliphatic rings. The van der Waals surface area contributed by atoms with E-state index in [2.05, 4.69) is 17.0 Å². The summed E-state index contributed by atoms with van der Waals surface area (Å²) >= 11 is 0. The van der Waals surface area contributed by atoms with Crippen molar-refractivity contribution in [2.75, 3.05) is 13.7 Å². The number of hydrogen-bond donors (Lipinski definition) is 1. The van der Waals surface area contributed by atoms with Gasteiger partial charge in [-0.25, -0.2) is 0 Å². The van der Waals surface area contributed by atoms with Crippen LogP contribution >= 0.6 is 0 Å². The summed E-state index contributed by atoms with van der Waals surface area (Å²) in [6.45, 7) is 0.767. The van der Waals surface area contributed by atoms with Gasteiger partial charge in [-0.15, -0.1) is 0 Å². The van der Waals surface area contributed by atoms with Gasteiger partial charge in [-0.1, -0.05) is 25.5 Å². The van der Waals surface area contributed by atoms with E-state index in [0.717, 1.165) is 6.54 Å². The van der Waals surface area contributed by atoms with Crippen molar-refractivity contribution in [2.24, 2.45) is 5.41 Å². The first kappa shape index (κ1) is 16.0. The molecule has 0 unspecified atom stereocenters. The maximum Gasteiger partial charge on any atom is 0.387 e. The highest BCUT2D eigenvalue weighted by atomic mass is 19.3. The van der Waals surface area contributed by atoms with Gasteiger partial charge >= 0.3 is 6.61 Å². The maximum atomic E-state index is 12.5. The minimum absolute atomic E-state index is 0.128. The minimum atomic E-state index is -2.85. The molecule has 0 bridgehead atoms. The SMILES string of the molecule is CCCC1(CNCc2cccc(OC)c2OC(F)F)CC1. The molecule has 0 aromatic heterocycles. The van der Waals surface area contributed by atoms with Gasteiger partial charge in [0.2, 0.25) is 0 Å². The highest BCUT2D eigenvalue weighted by molar-refractivity contribution is 5.46. The smallest absolute Gasteiger partial charge is 0.387 e. The fraction of sp³-hybridized carbons (Fsp3) is 0.625. The Hall–Kier alpha value is -1.36. The zero-order valence-electron chi connectivity index (χ0n) is 12.6. The van der Waals surface area contributed by atoms with E-state index in [1.807, 2.05) is 0 Å². The molecule has 1 aromatic carbocycles. The Balaban J connectivity index is 1.98. The molecule has 0 amide bonds. The fourth-order valence-corrected chi connectivity index (χ4v) is 2.77. The molecule has 1 aliphatic carbocycles. The molecule has 0 spiro atoms. The van der Waals surface area contributed by atoms with Gasteiger partial charge in [0, 0.05) is 18.7 Å². The van der Waals surface area contributed by atoms with Crippen LogP contribution in [0.2, 0.25) is 0 Å². The number of halogens is 2. The summed E-state index contributed by atoms with van der Waals surface area (Å²) in [6.07, 6.45) is 4.91. The Morgan fingerprint density at radius 3 is 2.67 bits per heavy atom. The van der Waals surface area contributed by atoms with Crippen LogP contribution in [0.1, 0.15) is 38.2 Å². The molecule has 1 saturated carbocycles. The van der Waals surface area contributed by atoms with Crippen molar-refractivity contribution in [1.29, 1.82) is 0 Å². The molecule has 21 heavy (non-hydrogen) atoms. The summed E-state index contributed by atoms with van der Waals surface area (Å²) in [6, 6.07) is 5.19. The monoisotopic (exact) mass is 299 g/mol. The fourth-order valence-electron chi connectivity index (χ4n) is 2.77. The molecule has 3 nitrogen and oxygen atoms in total. The van der Waals surface area contributed by atoms with Gasteiger partial charge in [0.1, 0.15) is 0 Å².